The molecule has 26 heavy (non-hydrogen) atoms. The number of carbonyl (C=O) groups excluding carboxylic acids is 3. The molecule has 9 heteroatoms. The van der Waals surface area contributed by atoms with Gasteiger partial charge in [-0.2, -0.15) is 0 Å². The van der Waals surface area contributed by atoms with Gasteiger partial charge >= 0.3 is 6.03 Å². The summed E-state index contributed by atoms with van der Waals surface area (Å²) in [6.45, 7) is 0.686. The largest absolute Gasteiger partial charge is 0.355 e. The zero-order valence-electron chi connectivity index (χ0n) is 13.6. The van der Waals surface area contributed by atoms with Gasteiger partial charge in [0.25, 0.3) is 11.8 Å². The Balaban J connectivity index is 1.45. The predicted octanol–water partition coefficient (Wildman–Crippen LogP) is 1.81. The van der Waals surface area contributed by atoms with E-state index in [2.05, 4.69) is 15.8 Å². The lowest BCUT2D eigenvalue weighted by molar-refractivity contribution is -0.125. The van der Waals surface area contributed by atoms with E-state index in [-0.39, 0.29) is 17.5 Å². The highest BCUT2D eigenvalue weighted by Gasteiger charge is 2.48. The van der Waals surface area contributed by atoms with Crippen molar-refractivity contribution in [1.29, 1.82) is 0 Å². The molecule has 2 fully saturated rings. The number of benzene rings is 1. The summed E-state index contributed by atoms with van der Waals surface area (Å²) in [6.07, 6.45) is 0.719. The van der Waals surface area contributed by atoms with Crippen molar-refractivity contribution in [3.8, 4) is 11.3 Å². The molecule has 2 saturated heterocycles. The quantitative estimate of drug-likeness (QED) is 0.780. The minimum absolute atomic E-state index is 0.200. The first-order chi connectivity index (χ1) is 12.5. The molecular formula is C17H15ClN4O4. The highest BCUT2D eigenvalue weighted by molar-refractivity contribution is 6.30. The number of nitrogens with one attached hydrogen (secondary N) is 2. The maximum atomic E-state index is 12.6. The molecule has 4 rings (SSSR count). The second-order valence-electron chi connectivity index (χ2n) is 6.37. The van der Waals surface area contributed by atoms with Gasteiger partial charge in [-0.05, 0) is 37.1 Å². The number of carbonyl (C=O) groups is 3. The Kier molecular flexibility index (Phi) is 3.91. The molecule has 2 aromatic rings. The third-order valence-corrected chi connectivity index (χ3v) is 5.03. The standard InChI is InChI=1S/C17H15ClN4O4/c18-11-3-1-10(2-4-11)13-9-12(21-26-13)14(23)22-7-5-17(6-8-22)15(24)19-16(25)20-17/h1-4,9H,5-8H2,(H2,19,20,24,25). The normalized spacial score (nSPS) is 18.7. The Morgan fingerprint density at radius 1 is 1.19 bits per heavy atom. The van der Waals surface area contributed by atoms with E-state index >= 15 is 0 Å². The Labute approximate surface area is 153 Å². The van der Waals surface area contributed by atoms with Gasteiger partial charge in [-0.15, -0.1) is 0 Å². The maximum absolute atomic E-state index is 12.6. The summed E-state index contributed by atoms with van der Waals surface area (Å²) in [7, 11) is 0. The summed E-state index contributed by atoms with van der Waals surface area (Å²) < 4.78 is 5.27. The summed E-state index contributed by atoms with van der Waals surface area (Å²) in [5.41, 5.74) is 0.0568. The molecule has 3 heterocycles. The van der Waals surface area contributed by atoms with Gasteiger partial charge in [-0.3, -0.25) is 14.9 Å². The van der Waals surface area contributed by atoms with Crippen molar-refractivity contribution in [1.82, 2.24) is 20.7 Å². The van der Waals surface area contributed by atoms with Crippen molar-refractivity contribution in [2.24, 2.45) is 0 Å². The van der Waals surface area contributed by atoms with Crippen molar-refractivity contribution >= 4 is 29.4 Å². The van der Waals surface area contributed by atoms with E-state index in [0.717, 1.165) is 5.56 Å². The van der Waals surface area contributed by atoms with Crippen LogP contribution < -0.4 is 10.6 Å². The summed E-state index contributed by atoms with van der Waals surface area (Å²) >= 11 is 5.87. The van der Waals surface area contributed by atoms with Crippen LogP contribution in [0.5, 0.6) is 0 Å². The fourth-order valence-electron chi connectivity index (χ4n) is 3.26. The fraction of sp³-hybridized carbons (Fsp3) is 0.294. The van der Waals surface area contributed by atoms with Crippen LogP contribution in [-0.4, -0.2) is 46.5 Å². The van der Waals surface area contributed by atoms with Crippen LogP contribution in [0.3, 0.4) is 0 Å². The van der Waals surface area contributed by atoms with Gasteiger partial charge in [0.05, 0.1) is 0 Å². The van der Waals surface area contributed by atoms with Gasteiger partial charge < -0.3 is 14.7 Å². The Bertz CT molecular complexity index is 884. The molecule has 0 radical (unpaired) electrons. The molecule has 1 spiro atoms. The highest BCUT2D eigenvalue weighted by Crippen LogP contribution is 2.27. The van der Waals surface area contributed by atoms with E-state index in [1.54, 1.807) is 35.2 Å². The van der Waals surface area contributed by atoms with Crippen molar-refractivity contribution < 1.29 is 18.9 Å². The summed E-state index contributed by atoms with van der Waals surface area (Å²) in [6, 6.07) is 8.11. The third kappa shape index (κ3) is 2.82. The smallest absolute Gasteiger partial charge is 0.322 e. The van der Waals surface area contributed by atoms with E-state index in [9.17, 15) is 14.4 Å². The number of rotatable bonds is 2. The molecule has 1 aromatic heterocycles. The number of hydrogen-bond acceptors (Lipinski definition) is 5. The number of aromatic nitrogens is 1. The second kappa shape index (κ2) is 6.14. The van der Waals surface area contributed by atoms with Crippen LogP contribution in [0.4, 0.5) is 4.79 Å². The number of piperidine rings is 1. The summed E-state index contributed by atoms with van der Waals surface area (Å²) in [5.74, 6) is -0.129. The van der Waals surface area contributed by atoms with E-state index in [0.29, 0.717) is 36.7 Å². The lowest BCUT2D eigenvalue weighted by Gasteiger charge is -2.36. The molecule has 8 nitrogen and oxygen atoms in total. The summed E-state index contributed by atoms with van der Waals surface area (Å²) in [5, 5.41) is 9.38. The first kappa shape index (κ1) is 16.6. The van der Waals surface area contributed by atoms with Crippen molar-refractivity contribution in [3.63, 3.8) is 0 Å². The van der Waals surface area contributed by atoms with Crippen LogP contribution in [0.1, 0.15) is 23.3 Å². The lowest BCUT2D eigenvalue weighted by Crippen LogP contribution is -2.55. The van der Waals surface area contributed by atoms with Crippen LogP contribution >= 0.6 is 11.6 Å². The molecule has 2 aliphatic heterocycles. The van der Waals surface area contributed by atoms with Gasteiger partial charge in [0.1, 0.15) is 5.54 Å². The molecule has 2 N–H and O–H groups in total. The third-order valence-electron chi connectivity index (χ3n) is 4.78. The molecule has 1 aromatic carbocycles. The van der Waals surface area contributed by atoms with Gasteiger partial charge in [0.2, 0.25) is 0 Å². The molecule has 2 aliphatic rings. The molecule has 134 valence electrons. The molecule has 0 bridgehead atoms. The maximum Gasteiger partial charge on any atom is 0.322 e. The average Bonchev–Trinajstić information content (AvgIpc) is 3.21. The number of likely N-dealkylation sites (tertiary alicyclic amines) is 1. The first-order valence-corrected chi connectivity index (χ1v) is 8.50. The molecule has 0 aliphatic carbocycles. The minimum Gasteiger partial charge on any atom is -0.355 e. The minimum atomic E-state index is -0.911. The number of imide groups is 1. The fourth-order valence-corrected chi connectivity index (χ4v) is 3.39. The van der Waals surface area contributed by atoms with E-state index in [1.165, 1.54) is 0 Å². The van der Waals surface area contributed by atoms with Crippen molar-refractivity contribution in [2.75, 3.05) is 13.1 Å². The zero-order valence-corrected chi connectivity index (χ0v) is 14.4. The van der Waals surface area contributed by atoms with Crippen molar-refractivity contribution in [2.45, 2.75) is 18.4 Å². The van der Waals surface area contributed by atoms with Crippen LogP contribution in [-0.2, 0) is 4.79 Å². The average molecular weight is 375 g/mol. The van der Waals surface area contributed by atoms with E-state index in [4.69, 9.17) is 16.1 Å². The predicted molar refractivity (Wildman–Crippen MR) is 91.5 cm³/mol. The number of halogens is 1. The lowest BCUT2D eigenvalue weighted by atomic mass is 9.87. The number of amides is 4. The Hall–Kier alpha value is -2.87. The molecule has 4 amide bonds. The molecule has 0 atom stereocenters. The van der Waals surface area contributed by atoms with Crippen LogP contribution in [0.15, 0.2) is 34.9 Å². The van der Waals surface area contributed by atoms with Crippen molar-refractivity contribution in [3.05, 3.63) is 41.0 Å². The van der Waals surface area contributed by atoms with Crippen LogP contribution in [0, 0.1) is 0 Å². The van der Waals surface area contributed by atoms with Crippen LogP contribution in [0.2, 0.25) is 5.02 Å². The number of urea groups is 1. The van der Waals surface area contributed by atoms with Crippen LogP contribution in [0.25, 0.3) is 11.3 Å². The zero-order chi connectivity index (χ0) is 18.3. The first-order valence-electron chi connectivity index (χ1n) is 8.12. The Morgan fingerprint density at radius 2 is 1.88 bits per heavy atom. The number of nitrogens with zero attached hydrogens (tertiary/aromatic N) is 2. The molecular weight excluding hydrogens is 360 g/mol. The topological polar surface area (TPSA) is 105 Å². The van der Waals surface area contributed by atoms with Gasteiger partial charge in [-0.1, -0.05) is 16.8 Å². The second-order valence-corrected chi connectivity index (χ2v) is 6.80. The van der Waals surface area contributed by atoms with Gasteiger partial charge in [0.15, 0.2) is 11.5 Å². The van der Waals surface area contributed by atoms with E-state index < -0.39 is 11.6 Å². The Morgan fingerprint density at radius 3 is 2.50 bits per heavy atom. The van der Waals surface area contributed by atoms with Gasteiger partial charge in [0, 0.05) is 29.7 Å². The molecule has 0 saturated carbocycles. The number of hydrogen-bond donors (Lipinski definition) is 2. The summed E-state index contributed by atoms with van der Waals surface area (Å²) in [4.78, 5) is 37.6. The van der Waals surface area contributed by atoms with Gasteiger partial charge in [-0.25, -0.2) is 4.79 Å². The molecule has 0 unspecified atom stereocenters. The highest BCUT2D eigenvalue weighted by atomic mass is 35.5. The monoisotopic (exact) mass is 374 g/mol. The van der Waals surface area contributed by atoms with E-state index in [1.807, 2.05) is 0 Å². The SMILES string of the molecule is O=C1NC(=O)C2(CCN(C(=O)c3cc(-c4ccc(Cl)cc4)on3)CC2)N1.